The maximum atomic E-state index is 14.4. The number of H-pyrrole nitrogens is 1. The van der Waals surface area contributed by atoms with Crippen molar-refractivity contribution in [3.05, 3.63) is 33.1 Å². The Bertz CT molecular complexity index is 675. The zero-order valence-electron chi connectivity index (χ0n) is 12.8. The van der Waals surface area contributed by atoms with Crippen LogP contribution in [0.25, 0.3) is 0 Å². The Morgan fingerprint density at radius 1 is 1.41 bits per heavy atom. The summed E-state index contributed by atoms with van der Waals surface area (Å²) in [5.41, 5.74) is -2.11. The van der Waals surface area contributed by atoms with E-state index in [9.17, 15) is 18.8 Å². The summed E-state index contributed by atoms with van der Waals surface area (Å²) < 4.78 is 25.9. The highest BCUT2D eigenvalue weighted by Gasteiger charge is 2.48. The molecule has 0 bridgehead atoms. The number of carbonyl (C=O) groups excluding carboxylic acids is 1. The molecule has 1 fully saturated rings. The fourth-order valence-electron chi connectivity index (χ4n) is 2.25. The number of nitrogens with one attached hydrogen (secondary N) is 1. The van der Waals surface area contributed by atoms with Crippen LogP contribution in [0.4, 0.5) is 4.39 Å². The molecule has 1 aliphatic heterocycles. The van der Waals surface area contributed by atoms with Crippen molar-refractivity contribution in [1.29, 1.82) is 0 Å². The number of hydrogen-bond acceptors (Lipinski definition) is 5. The molecule has 7 nitrogen and oxygen atoms in total. The largest absolute Gasteiger partial charge is 0.458 e. The van der Waals surface area contributed by atoms with Gasteiger partial charge in [-0.15, -0.1) is 0 Å². The molecule has 1 aliphatic rings. The van der Waals surface area contributed by atoms with Gasteiger partial charge in [0.2, 0.25) is 0 Å². The lowest BCUT2D eigenvalue weighted by Gasteiger charge is -2.23. The lowest BCUT2D eigenvalue weighted by molar-refractivity contribution is -0.171. The Hall–Kier alpha value is -1.96. The smallest absolute Gasteiger partial charge is 0.336 e. The number of carbonyl (C=O) groups is 1. The molecule has 0 unspecified atom stereocenters. The standard InChI is InChI=1S/C14H19FN2O5/c1-7-9(15)11(17-6-5-8(18)16-13(17)20)21-10(7)12(19)22-14(2,3)4/h5-7,9-11H,1-4H3,(H,16,18,20)/t7-,9+,10-,11+/m0/s1. The molecule has 4 atom stereocenters. The van der Waals surface area contributed by atoms with Crippen LogP contribution in [-0.4, -0.2) is 33.4 Å². The van der Waals surface area contributed by atoms with Crippen LogP contribution >= 0.6 is 0 Å². The summed E-state index contributed by atoms with van der Waals surface area (Å²) in [6.07, 6.45) is -2.83. The van der Waals surface area contributed by atoms with Crippen LogP contribution in [0.2, 0.25) is 0 Å². The predicted molar refractivity (Wildman–Crippen MR) is 75.1 cm³/mol. The van der Waals surface area contributed by atoms with Crippen molar-refractivity contribution in [3.63, 3.8) is 0 Å². The van der Waals surface area contributed by atoms with Gasteiger partial charge in [0.05, 0.1) is 0 Å². The van der Waals surface area contributed by atoms with Crippen molar-refractivity contribution in [2.75, 3.05) is 0 Å². The Morgan fingerprint density at radius 3 is 2.59 bits per heavy atom. The predicted octanol–water partition coefficient (Wildman–Crippen LogP) is 0.750. The molecule has 1 aromatic heterocycles. The average Bonchev–Trinajstić information content (AvgIpc) is 2.65. The highest BCUT2D eigenvalue weighted by Crippen LogP contribution is 2.36. The van der Waals surface area contributed by atoms with Gasteiger partial charge in [-0.25, -0.2) is 14.0 Å². The third-order valence-corrected chi connectivity index (χ3v) is 3.30. The van der Waals surface area contributed by atoms with Crippen molar-refractivity contribution < 1.29 is 18.7 Å². The van der Waals surface area contributed by atoms with Crippen LogP contribution in [0.5, 0.6) is 0 Å². The van der Waals surface area contributed by atoms with Crippen LogP contribution in [0, 0.1) is 5.92 Å². The summed E-state index contributed by atoms with van der Waals surface area (Å²) in [6, 6.07) is 1.09. The molecular weight excluding hydrogens is 295 g/mol. The van der Waals surface area contributed by atoms with Crippen LogP contribution in [0.1, 0.15) is 33.9 Å². The van der Waals surface area contributed by atoms with Gasteiger partial charge in [-0.2, -0.15) is 0 Å². The molecule has 1 saturated heterocycles. The summed E-state index contributed by atoms with van der Waals surface area (Å²) in [5.74, 6) is -1.46. The zero-order valence-corrected chi connectivity index (χ0v) is 12.8. The number of rotatable bonds is 2. The van der Waals surface area contributed by atoms with Crippen molar-refractivity contribution in [2.24, 2.45) is 5.92 Å². The number of nitrogens with zero attached hydrogens (tertiary/aromatic N) is 1. The fourth-order valence-corrected chi connectivity index (χ4v) is 2.25. The van der Waals surface area contributed by atoms with E-state index in [0.717, 1.165) is 16.8 Å². The first-order valence-electron chi connectivity index (χ1n) is 6.94. The molecule has 122 valence electrons. The van der Waals surface area contributed by atoms with E-state index < -0.39 is 47.2 Å². The summed E-state index contributed by atoms with van der Waals surface area (Å²) >= 11 is 0. The van der Waals surface area contributed by atoms with Gasteiger partial charge < -0.3 is 9.47 Å². The van der Waals surface area contributed by atoms with Crippen molar-refractivity contribution >= 4 is 5.97 Å². The summed E-state index contributed by atoms with van der Waals surface area (Å²) in [5, 5.41) is 0. The number of esters is 1. The van der Waals surface area contributed by atoms with Gasteiger partial charge in [0.25, 0.3) is 5.56 Å². The molecule has 0 amide bonds. The van der Waals surface area contributed by atoms with E-state index in [4.69, 9.17) is 9.47 Å². The minimum atomic E-state index is -1.58. The van der Waals surface area contributed by atoms with E-state index in [-0.39, 0.29) is 0 Å². The lowest BCUT2D eigenvalue weighted by Crippen LogP contribution is -2.35. The second kappa shape index (κ2) is 5.68. The van der Waals surface area contributed by atoms with Gasteiger partial charge >= 0.3 is 11.7 Å². The quantitative estimate of drug-likeness (QED) is 0.814. The van der Waals surface area contributed by atoms with Crippen LogP contribution < -0.4 is 11.2 Å². The van der Waals surface area contributed by atoms with Crippen LogP contribution in [0.3, 0.4) is 0 Å². The van der Waals surface area contributed by atoms with E-state index in [1.807, 2.05) is 4.98 Å². The molecule has 2 heterocycles. The molecule has 8 heteroatoms. The van der Waals surface area contributed by atoms with Crippen molar-refractivity contribution in [3.8, 4) is 0 Å². The molecule has 1 aromatic rings. The second-order valence-electron chi connectivity index (χ2n) is 6.30. The Morgan fingerprint density at radius 2 is 2.05 bits per heavy atom. The van der Waals surface area contributed by atoms with E-state index in [1.165, 1.54) is 6.92 Å². The van der Waals surface area contributed by atoms with E-state index in [0.29, 0.717) is 0 Å². The normalized spacial score (nSPS) is 28.6. The number of hydrogen-bond donors (Lipinski definition) is 1. The molecule has 0 aromatic carbocycles. The maximum absolute atomic E-state index is 14.4. The SMILES string of the molecule is C[C@H]1[C@@H](F)[C@H](n2ccc(=O)[nH]c2=O)O[C@@H]1C(=O)OC(C)(C)C. The average molecular weight is 314 g/mol. The van der Waals surface area contributed by atoms with E-state index in [1.54, 1.807) is 20.8 Å². The molecule has 0 aliphatic carbocycles. The first-order chi connectivity index (χ1) is 10.1. The summed E-state index contributed by atoms with van der Waals surface area (Å²) in [6.45, 7) is 6.60. The first kappa shape index (κ1) is 16.4. The van der Waals surface area contributed by atoms with Crippen molar-refractivity contribution in [1.82, 2.24) is 9.55 Å². The lowest BCUT2D eigenvalue weighted by atomic mass is 10.0. The molecule has 22 heavy (non-hydrogen) atoms. The minimum Gasteiger partial charge on any atom is -0.458 e. The Balaban J connectivity index is 2.25. The number of aromatic amines is 1. The second-order valence-corrected chi connectivity index (χ2v) is 6.30. The molecule has 1 N–H and O–H groups in total. The van der Waals surface area contributed by atoms with E-state index >= 15 is 0 Å². The molecule has 0 spiro atoms. The van der Waals surface area contributed by atoms with Gasteiger partial charge in [-0.1, -0.05) is 6.92 Å². The molecule has 2 rings (SSSR count). The minimum absolute atomic E-state index is 0.591. The van der Waals surface area contributed by atoms with E-state index in [2.05, 4.69) is 0 Å². The highest BCUT2D eigenvalue weighted by molar-refractivity contribution is 5.76. The number of alkyl halides is 1. The van der Waals surface area contributed by atoms with Crippen LogP contribution in [-0.2, 0) is 14.3 Å². The third-order valence-electron chi connectivity index (χ3n) is 3.30. The van der Waals surface area contributed by atoms with Gasteiger partial charge in [-0.3, -0.25) is 14.3 Å². The Kier molecular flexibility index (Phi) is 4.23. The van der Waals surface area contributed by atoms with Gasteiger partial charge in [-0.05, 0) is 20.8 Å². The Labute approximate surface area is 126 Å². The zero-order chi connectivity index (χ0) is 16.7. The number of ether oxygens (including phenoxy) is 2. The van der Waals surface area contributed by atoms with Gasteiger partial charge in [0.15, 0.2) is 18.5 Å². The van der Waals surface area contributed by atoms with Crippen molar-refractivity contribution in [2.45, 2.75) is 51.8 Å². The third kappa shape index (κ3) is 3.27. The van der Waals surface area contributed by atoms with Crippen LogP contribution in [0.15, 0.2) is 21.9 Å². The van der Waals surface area contributed by atoms with Gasteiger partial charge in [0.1, 0.15) is 5.60 Å². The summed E-state index contributed by atoms with van der Waals surface area (Å²) in [7, 11) is 0. The summed E-state index contributed by atoms with van der Waals surface area (Å²) in [4.78, 5) is 36.9. The maximum Gasteiger partial charge on any atom is 0.336 e. The number of halogens is 1. The highest BCUT2D eigenvalue weighted by atomic mass is 19.1. The fraction of sp³-hybridized carbons (Fsp3) is 0.643. The molecule has 0 saturated carbocycles. The molecular formula is C14H19FN2O5. The van der Waals surface area contributed by atoms with Gasteiger partial charge in [0, 0.05) is 18.2 Å². The first-order valence-corrected chi connectivity index (χ1v) is 6.94. The number of aromatic nitrogens is 2. The topological polar surface area (TPSA) is 90.4 Å². The monoisotopic (exact) mass is 314 g/mol. The molecule has 0 radical (unpaired) electrons.